The number of nitrogens with one attached hydrogen (secondary N) is 3. The van der Waals surface area contributed by atoms with Crippen molar-refractivity contribution in [1.29, 1.82) is 0 Å². The van der Waals surface area contributed by atoms with Gasteiger partial charge < -0.3 is 5.11 Å². The molecule has 3 rings (SSSR count). The third-order valence-electron chi connectivity index (χ3n) is 4.38. The molecule has 6 nitrogen and oxygen atoms in total. The molecule has 2 aromatic rings. The molecule has 2 unspecified atom stereocenters. The van der Waals surface area contributed by atoms with E-state index in [1.807, 2.05) is 0 Å². The molecule has 2 aromatic carbocycles. The van der Waals surface area contributed by atoms with Crippen molar-refractivity contribution in [1.82, 2.24) is 16.3 Å². The molecular formula is C19H21BrN4O2. The molecule has 26 heavy (non-hydrogen) atoms. The van der Waals surface area contributed by atoms with Crippen LogP contribution in [0.5, 0.6) is 5.75 Å². The summed E-state index contributed by atoms with van der Waals surface area (Å²) in [6.07, 6.45) is 3.06. The molecule has 1 amide bonds. The molecule has 7 heteroatoms. The Hall–Kier alpha value is -2.22. The molecule has 136 valence electrons. The molecular weight excluding hydrogens is 396 g/mol. The van der Waals surface area contributed by atoms with Gasteiger partial charge in [-0.25, -0.2) is 16.3 Å². The normalized spacial score (nSPS) is 19.8. The van der Waals surface area contributed by atoms with Crippen molar-refractivity contribution in [2.45, 2.75) is 31.8 Å². The lowest BCUT2D eigenvalue weighted by Gasteiger charge is -2.10. The third-order valence-corrected chi connectivity index (χ3v) is 4.87. The summed E-state index contributed by atoms with van der Waals surface area (Å²) in [6, 6.07) is 13.1. The number of carbonyl (C=O) groups excluding carboxylic acids is 1. The van der Waals surface area contributed by atoms with E-state index in [4.69, 9.17) is 0 Å². The highest BCUT2D eigenvalue weighted by Crippen LogP contribution is 2.23. The highest BCUT2D eigenvalue weighted by Gasteiger charge is 2.29. The van der Waals surface area contributed by atoms with Gasteiger partial charge in [0.25, 0.3) is 5.91 Å². The number of hydrogen-bond donors (Lipinski definition) is 4. The van der Waals surface area contributed by atoms with Crippen LogP contribution in [0.15, 0.2) is 52.0 Å². The van der Waals surface area contributed by atoms with Gasteiger partial charge in [0.1, 0.15) is 11.8 Å². The monoisotopic (exact) mass is 416 g/mol. The SMILES string of the molecule is CCc1ccc(C2CC(C(=O)N/N=C/c3cc(Br)ccc3O)NN2)cc1. The van der Waals surface area contributed by atoms with Crippen molar-refractivity contribution in [3.63, 3.8) is 0 Å². The van der Waals surface area contributed by atoms with E-state index in [2.05, 4.69) is 68.5 Å². The van der Waals surface area contributed by atoms with Crippen LogP contribution in [0.25, 0.3) is 0 Å². The number of aromatic hydroxyl groups is 1. The summed E-state index contributed by atoms with van der Waals surface area (Å²) in [7, 11) is 0. The molecule has 1 aliphatic heterocycles. The Morgan fingerprint density at radius 1 is 1.31 bits per heavy atom. The number of benzene rings is 2. The minimum absolute atomic E-state index is 0.0785. The van der Waals surface area contributed by atoms with Gasteiger partial charge in [0.15, 0.2) is 0 Å². The summed E-state index contributed by atoms with van der Waals surface area (Å²) >= 11 is 3.33. The maximum absolute atomic E-state index is 12.3. The van der Waals surface area contributed by atoms with E-state index in [1.54, 1.807) is 18.2 Å². The summed E-state index contributed by atoms with van der Waals surface area (Å²) in [5.41, 5.74) is 11.6. The Morgan fingerprint density at radius 3 is 2.81 bits per heavy atom. The number of phenolic OH excluding ortho intramolecular Hbond substituents is 1. The fraction of sp³-hybridized carbons (Fsp3) is 0.263. The molecule has 0 saturated carbocycles. The fourth-order valence-corrected chi connectivity index (χ4v) is 3.18. The van der Waals surface area contributed by atoms with Gasteiger partial charge in [0, 0.05) is 16.1 Å². The van der Waals surface area contributed by atoms with Crippen molar-refractivity contribution in [3.05, 3.63) is 63.6 Å². The molecule has 0 spiro atoms. The lowest BCUT2D eigenvalue weighted by Crippen LogP contribution is -2.41. The van der Waals surface area contributed by atoms with E-state index in [-0.39, 0.29) is 23.7 Å². The van der Waals surface area contributed by atoms with Gasteiger partial charge in [-0.3, -0.25) is 4.79 Å². The predicted octanol–water partition coefficient (Wildman–Crippen LogP) is 2.78. The van der Waals surface area contributed by atoms with Gasteiger partial charge in [-0.1, -0.05) is 47.1 Å². The van der Waals surface area contributed by atoms with Crippen LogP contribution in [0.4, 0.5) is 0 Å². The van der Waals surface area contributed by atoms with Gasteiger partial charge >= 0.3 is 0 Å². The summed E-state index contributed by atoms with van der Waals surface area (Å²) in [5, 5.41) is 13.7. The van der Waals surface area contributed by atoms with Crippen LogP contribution in [0.3, 0.4) is 0 Å². The largest absolute Gasteiger partial charge is 0.507 e. The summed E-state index contributed by atoms with van der Waals surface area (Å²) in [6.45, 7) is 2.12. The average Bonchev–Trinajstić information content (AvgIpc) is 3.15. The van der Waals surface area contributed by atoms with E-state index >= 15 is 0 Å². The quantitative estimate of drug-likeness (QED) is 0.445. The van der Waals surface area contributed by atoms with Gasteiger partial charge in [-0.2, -0.15) is 5.10 Å². The first kappa shape index (κ1) is 18.6. The van der Waals surface area contributed by atoms with E-state index < -0.39 is 0 Å². The fourth-order valence-electron chi connectivity index (χ4n) is 2.80. The van der Waals surface area contributed by atoms with E-state index in [0.717, 1.165) is 16.5 Å². The minimum atomic E-state index is -0.376. The number of halogens is 1. The van der Waals surface area contributed by atoms with Crippen LogP contribution < -0.4 is 16.3 Å². The number of hydrazone groups is 1. The van der Waals surface area contributed by atoms with Crippen molar-refractivity contribution >= 4 is 28.1 Å². The molecule has 0 aromatic heterocycles. The van der Waals surface area contributed by atoms with Gasteiger partial charge in [-0.15, -0.1) is 0 Å². The maximum atomic E-state index is 12.3. The first-order valence-corrected chi connectivity index (χ1v) is 9.27. The number of phenols is 1. The highest BCUT2D eigenvalue weighted by molar-refractivity contribution is 9.10. The topological polar surface area (TPSA) is 85.8 Å². The number of rotatable bonds is 5. The Labute approximate surface area is 160 Å². The average molecular weight is 417 g/mol. The smallest absolute Gasteiger partial charge is 0.258 e. The third kappa shape index (κ3) is 4.49. The van der Waals surface area contributed by atoms with Gasteiger partial charge in [0.05, 0.1) is 6.21 Å². The Kier molecular flexibility index (Phi) is 6.03. The standard InChI is InChI=1S/C19H21BrN4O2/c1-2-12-3-5-13(6-4-12)16-10-17(23-22-16)19(26)24-21-11-14-9-15(20)7-8-18(14)25/h3-9,11,16-17,22-23,25H,2,10H2,1H3,(H,24,26)/b21-11+. The second-order valence-corrected chi connectivity index (χ2v) is 7.08. The number of nitrogens with zero attached hydrogens (tertiary/aromatic N) is 1. The summed E-state index contributed by atoms with van der Waals surface area (Å²) < 4.78 is 0.821. The lowest BCUT2D eigenvalue weighted by molar-refractivity contribution is -0.122. The Morgan fingerprint density at radius 2 is 2.08 bits per heavy atom. The van der Waals surface area contributed by atoms with E-state index in [0.29, 0.717) is 12.0 Å². The number of aryl methyl sites for hydroxylation is 1. The Balaban J connectivity index is 1.55. The number of carbonyl (C=O) groups is 1. The minimum Gasteiger partial charge on any atom is -0.507 e. The zero-order chi connectivity index (χ0) is 18.5. The molecule has 0 bridgehead atoms. The van der Waals surface area contributed by atoms with Crippen LogP contribution in [-0.4, -0.2) is 23.3 Å². The number of hydrogen-bond acceptors (Lipinski definition) is 5. The van der Waals surface area contributed by atoms with Crippen LogP contribution in [0, 0.1) is 0 Å². The Bertz CT molecular complexity index is 808. The summed E-state index contributed by atoms with van der Waals surface area (Å²) in [5.74, 6) is -0.127. The van der Waals surface area contributed by atoms with Crippen LogP contribution >= 0.6 is 15.9 Å². The molecule has 0 aliphatic carbocycles. The molecule has 1 heterocycles. The zero-order valence-corrected chi connectivity index (χ0v) is 16.0. The molecule has 2 atom stereocenters. The first-order valence-electron chi connectivity index (χ1n) is 8.48. The molecule has 1 aliphatic rings. The summed E-state index contributed by atoms with van der Waals surface area (Å²) in [4.78, 5) is 12.3. The van der Waals surface area contributed by atoms with Crippen LogP contribution in [0.1, 0.15) is 36.1 Å². The van der Waals surface area contributed by atoms with Gasteiger partial charge in [0.2, 0.25) is 0 Å². The lowest BCUT2D eigenvalue weighted by atomic mass is 10.00. The molecule has 1 saturated heterocycles. The predicted molar refractivity (Wildman–Crippen MR) is 105 cm³/mol. The van der Waals surface area contributed by atoms with Gasteiger partial charge in [-0.05, 0) is 42.2 Å². The maximum Gasteiger partial charge on any atom is 0.258 e. The first-order chi connectivity index (χ1) is 12.6. The van der Waals surface area contributed by atoms with E-state index in [9.17, 15) is 9.90 Å². The van der Waals surface area contributed by atoms with Crippen LogP contribution in [-0.2, 0) is 11.2 Å². The van der Waals surface area contributed by atoms with E-state index in [1.165, 1.54) is 11.8 Å². The van der Waals surface area contributed by atoms with Crippen molar-refractivity contribution in [2.75, 3.05) is 0 Å². The van der Waals surface area contributed by atoms with Crippen molar-refractivity contribution in [3.8, 4) is 5.75 Å². The molecule has 0 radical (unpaired) electrons. The highest BCUT2D eigenvalue weighted by atomic mass is 79.9. The number of hydrazine groups is 1. The van der Waals surface area contributed by atoms with Crippen molar-refractivity contribution in [2.24, 2.45) is 5.10 Å². The zero-order valence-electron chi connectivity index (χ0n) is 14.4. The molecule has 1 fully saturated rings. The van der Waals surface area contributed by atoms with Crippen LogP contribution in [0.2, 0.25) is 0 Å². The van der Waals surface area contributed by atoms with Crippen molar-refractivity contribution < 1.29 is 9.90 Å². The second-order valence-electron chi connectivity index (χ2n) is 6.16. The molecule has 4 N–H and O–H groups in total. The number of amides is 1. The second kappa shape index (κ2) is 8.44.